The zero-order valence-corrected chi connectivity index (χ0v) is 6.22. The first-order valence-electron chi connectivity index (χ1n) is 2.57. The first kappa shape index (κ1) is 11.0. The van der Waals surface area contributed by atoms with Gasteiger partial charge >= 0.3 is 5.78 Å². The fraction of sp³-hybridized carbons (Fsp3) is 0.667. The van der Waals surface area contributed by atoms with Crippen LogP contribution in [0.4, 0.5) is 0 Å². The molecule has 0 atom stereocenters. The number of carbonyl (C=O) groups is 1. The molecule has 0 rings (SSSR count). The van der Waals surface area contributed by atoms with Gasteiger partial charge in [0.1, 0.15) is 5.78 Å². The SMILES string of the molecule is CC(C)=O.CC(C)=[O+][O-]. The summed E-state index contributed by atoms with van der Waals surface area (Å²) in [6.07, 6.45) is 0. The Bertz CT molecular complexity index is 96.9. The van der Waals surface area contributed by atoms with Crippen molar-refractivity contribution in [2.45, 2.75) is 27.7 Å². The minimum Gasteiger partial charge on any atom is -0.463 e. The van der Waals surface area contributed by atoms with Crippen molar-refractivity contribution in [3.63, 3.8) is 0 Å². The summed E-state index contributed by atoms with van der Waals surface area (Å²) in [7, 11) is 0. The molecule has 0 unspecified atom stereocenters. The Morgan fingerprint density at radius 1 is 1.22 bits per heavy atom. The van der Waals surface area contributed by atoms with Gasteiger partial charge in [-0.25, -0.2) is 0 Å². The zero-order chi connectivity index (χ0) is 7.86. The number of hydrogen-bond acceptors (Lipinski definition) is 2. The molecule has 0 aromatic heterocycles. The van der Waals surface area contributed by atoms with Gasteiger partial charge < -0.3 is 10.1 Å². The van der Waals surface area contributed by atoms with E-state index in [1.807, 2.05) is 0 Å². The van der Waals surface area contributed by atoms with E-state index in [-0.39, 0.29) is 5.78 Å². The molecule has 0 aromatic rings. The quantitative estimate of drug-likeness (QED) is 0.264. The van der Waals surface area contributed by atoms with E-state index in [0.717, 1.165) is 0 Å². The smallest absolute Gasteiger partial charge is 0.323 e. The molecule has 54 valence electrons. The van der Waals surface area contributed by atoms with Gasteiger partial charge in [-0.2, -0.15) is 4.58 Å². The van der Waals surface area contributed by atoms with Crippen molar-refractivity contribution in [2.75, 3.05) is 0 Å². The van der Waals surface area contributed by atoms with Gasteiger partial charge in [0, 0.05) is 0 Å². The Kier molecular flexibility index (Phi) is 8.73. The largest absolute Gasteiger partial charge is 0.463 e. The van der Waals surface area contributed by atoms with Crippen LogP contribution in [0.15, 0.2) is 0 Å². The second kappa shape index (κ2) is 7.14. The lowest BCUT2D eigenvalue weighted by atomic mass is 10.5. The summed E-state index contributed by atoms with van der Waals surface area (Å²) in [5.74, 6) is 0.616. The number of carbonyl (C=O) groups excluding carboxylic acids is 2. The van der Waals surface area contributed by atoms with Crippen LogP contribution in [-0.4, -0.2) is 11.6 Å². The van der Waals surface area contributed by atoms with Crippen molar-refractivity contribution < 1.29 is 14.6 Å². The molecule has 0 aliphatic carbocycles. The molecule has 0 heterocycles. The maximum absolute atomic E-state index is 9.44. The van der Waals surface area contributed by atoms with E-state index in [1.54, 1.807) is 13.8 Å². The maximum Gasteiger partial charge on any atom is 0.323 e. The molecule has 0 bridgehead atoms. The highest BCUT2D eigenvalue weighted by Gasteiger charge is 1.80. The molecule has 0 fully saturated rings. The van der Waals surface area contributed by atoms with Crippen LogP contribution in [0, 0.1) is 0 Å². The standard InChI is InChI=1S/C3H6O2.C3H6O/c1-3(2)5-4;1-3(2)4/h1-2H3;1-2H3. The molecule has 0 aromatic carbocycles. The van der Waals surface area contributed by atoms with Crippen LogP contribution in [0.1, 0.15) is 27.7 Å². The summed E-state index contributed by atoms with van der Waals surface area (Å²) in [4.78, 5) is 9.44. The second-order valence-corrected chi connectivity index (χ2v) is 1.90. The molecule has 3 nitrogen and oxygen atoms in total. The van der Waals surface area contributed by atoms with Gasteiger partial charge in [0.2, 0.25) is 0 Å². The van der Waals surface area contributed by atoms with Gasteiger partial charge in [0.15, 0.2) is 0 Å². The van der Waals surface area contributed by atoms with Crippen LogP contribution in [-0.2, 0) is 9.37 Å². The molecule has 0 aliphatic heterocycles. The highest BCUT2D eigenvalue weighted by atomic mass is 17.1. The van der Waals surface area contributed by atoms with Crippen LogP contribution in [0.25, 0.3) is 0 Å². The third-order valence-corrected chi connectivity index (χ3v) is 0.167. The molecule has 0 N–H and O–H groups in total. The lowest BCUT2D eigenvalue weighted by Gasteiger charge is -1.65. The summed E-state index contributed by atoms with van der Waals surface area (Å²) < 4.78 is 3.42. The highest BCUT2D eigenvalue weighted by Crippen LogP contribution is 1.54. The molecule has 0 amide bonds. The highest BCUT2D eigenvalue weighted by molar-refractivity contribution is 5.72. The lowest BCUT2D eigenvalue weighted by molar-refractivity contribution is -1.05. The van der Waals surface area contributed by atoms with Crippen molar-refractivity contribution in [3.8, 4) is 0 Å². The van der Waals surface area contributed by atoms with E-state index in [2.05, 4.69) is 4.58 Å². The van der Waals surface area contributed by atoms with Crippen molar-refractivity contribution >= 4 is 11.6 Å². The number of Topliss-reactive ketones (excluding diaryl/α,β-unsaturated/α-hetero) is 1. The molecule has 0 spiro atoms. The first-order chi connectivity index (χ1) is 4.00. The summed E-state index contributed by atoms with van der Waals surface area (Å²) >= 11 is 0. The van der Waals surface area contributed by atoms with E-state index in [4.69, 9.17) is 5.26 Å². The fourth-order valence-corrected chi connectivity index (χ4v) is 0. The Morgan fingerprint density at radius 3 is 1.33 bits per heavy atom. The van der Waals surface area contributed by atoms with Crippen molar-refractivity contribution in [1.29, 1.82) is 0 Å². The van der Waals surface area contributed by atoms with Gasteiger partial charge in [-0.3, -0.25) is 0 Å². The van der Waals surface area contributed by atoms with Crippen LogP contribution in [0.2, 0.25) is 0 Å². The van der Waals surface area contributed by atoms with Crippen molar-refractivity contribution in [3.05, 3.63) is 0 Å². The Morgan fingerprint density at radius 2 is 1.33 bits per heavy atom. The summed E-state index contributed by atoms with van der Waals surface area (Å²) in [5.41, 5.74) is 0. The van der Waals surface area contributed by atoms with Crippen LogP contribution < -0.4 is 5.26 Å². The molecule has 3 heteroatoms. The van der Waals surface area contributed by atoms with Gasteiger partial charge in [0.25, 0.3) is 0 Å². The Labute approximate surface area is 54.9 Å². The third kappa shape index (κ3) is 145. The summed E-state index contributed by atoms with van der Waals surface area (Å²) in [6.45, 7) is 6.26. The second-order valence-electron chi connectivity index (χ2n) is 1.90. The monoisotopic (exact) mass is 132 g/mol. The average Bonchev–Trinajstić information content (AvgIpc) is 1.65. The molecule has 0 aliphatic rings. The van der Waals surface area contributed by atoms with Crippen LogP contribution in [0.5, 0.6) is 0 Å². The van der Waals surface area contributed by atoms with E-state index >= 15 is 0 Å². The maximum atomic E-state index is 9.44. The normalized spacial score (nSPS) is 6.67. The number of ketones is 2. The van der Waals surface area contributed by atoms with E-state index < -0.39 is 0 Å². The minimum absolute atomic E-state index is 0.167. The Hall–Kier alpha value is -0.860. The number of hydrogen-bond donors (Lipinski definition) is 0. The zero-order valence-electron chi connectivity index (χ0n) is 6.22. The average molecular weight is 132 g/mol. The number of rotatable bonds is 0. The minimum atomic E-state index is 0.167. The van der Waals surface area contributed by atoms with Crippen molar-refractivity contribution in [1.82, 2.24) is 0 Å². The molecule has 0 saturated carbocycles. The van der Waals surface area contributed by atoms with Crippen LogP contribution in [0.3, 0.4) is 0 Å². The molecule has 0 saturated heterocycles. The van der Waals surface area contributed by atoms with Gasteiger partial charge in [-0.15, -0.1) is 0 Å². The van der Waals surface area contributed by atoms with Gasteiger partial charge in [0.05, 0.1) is 13.8 Å². The first-order valence-corrected chi connectivity index (χ1v) is 2.57. The lowest BCUT2D eigenvalue weighted by Crippen LogP contribution is -2.00. The summed E-state index contributed by atoms with van der Waals surface area (Å²) in [6, 6.07) is 0. The van der Waals surface area contributed by atoms with E-state index in [0.29, 0.717) is 5.78 Å². The molecular weight excluding hydrogens is 120 g/mol. The van der Waals surface area contributed by atoms with E-state index in [9.17, 15) is 4.79 Å². The van der Waals surface area contributed by atoms with E-state index in [1.165, 1.54) is 13.8 Å². The van der Waals surface area contributed by atoms with Gasteiger partial charge in [-0.1, -0.05) is 0 Å². The third-order valence-electron chi connectivity index (χ3n) is 0.167. The molecule has 9 heavy (non-hydrogen) atoms. The summed E-state index contributed by atoms with van der Waals surface area (Å²) in [5, 5.41) is 9.09. The Balaban J connectivity index is 0. The molecular formula is C6H12O3. The topological polar surface area (TPSA) is 51.4 Å². The predicted molar refractivity (Wildman–Crippen MR) is 32.7 cm³/mol. The molecule has 0 radical (unpaired) electrons. The van der Waals surface area contributed by atoms with Gasteiger partial charge in [-0.05, 0) is 13.8 Å². The van der Waals surface area contributed by atoms with Crippen molar-refractivity contribution in [2.24, 2.45) is 0 Å². The predicted octanol–water partition coefficient (Wildman–Crippen LogP) is 0.00160. The van der Waals surface area contributed by atoms with Crippen LogP contribution >= 0.6 is 0 Å². The fourth-order valence-electron chi connectivity index (χ4n) is 0.